The van der Waals surface area contributed by atoms with Crippen LogP contribution in [0, 0.1) is 0 Å². The monoisotopic (exact) mass is 442 g/mol. The Labute approximate surface area is 185 Å². The fraction of sp³-hybridized carbons (Fsp3) is 0.320. The summed E-state index contributed by atoms with van der Waals surface area (Å²) in [5.41, 5.74) is 0.851. The molecule has 3 aromatic rings. The summed E-state index contributed by atoms with van der Waals surface area (Å²) in [4.78, 5) is 15.4. The first-order valence-electron chi connectivity index (χ1n) is 10.8. The van der Waals surface area contributed by atoms with Gasteiger partial charge in [-0.3, -0.25) is 9.69 Å². The Balaban J connectivity index is 1.52. The van der Waals surface area contributed by atoms with Gasteiger partial charge in [0.1, 0.15) is 5.76 Å². The number of alkyl halides is 3. The van der Waals surface area contributed by atoms with Gasteiger partial charge < -0.3 is 9.73 Å². The molecule has 2 aromatic carbocycles. The van der Waals surface area contributed by atoms with Crippen LogP contribution < -0.4 is 5.32 Å². The third-order valence-electron chi connectivity index (χ3n) is 5.85. The summed E-state index contributed by atoms with van der Waals surface area (Å²) in [5, 5.41) is 3.01. The topological polar surface area (TPSA) is 45.5 Å². The average Bonchev–Trinajstić information content (AvgIpc) is 3.34. The lowest BCUT2D eigenvalue weighted by atomic mass is 9.98. The first-order valence-corrected chi connectivity index (χ1v) is 10.8. The summed E-state index contributed by atoms with van der Waals surface area (Å²) < 4.78 is 44.3. The van der Waals surface area contributed by atoms with E-state index in [1.807, 2.05) is 12.1 Å². The lowest BCUT2D eigenvalue weighted by Gasteiger charge is -2.33. The van der Waals surface area contributed by atoms with Gasteiger partial charge in [-0.15, -0.1) is 0 Å². The quantitative estimate of drug-likeness (QED) is 0.515. The third-order valence-corrected chi connectivity index (χ3v) is 5.85. The molecule has 1 atom stereocenters. The van der Waals surface area contributed by atoms with Crippen LogP contribution in [0.5, 0.6) is 0 Å². The fourth-order valence-corrected chi connectivity index (χ4v) is 4.18. The highest BCUT2D eigenvalue weighted by molar-refractivity contribution is 6.00. The molecule has 1 aliphatic heterocycles. The molecule has 32 heavy (non-hydrogen) atoms. The van der Waals surface area contributed by atoms with E-state index < -0.39 is 11.7 Å². The lowest BCUT2D eigenvalue weighted by molar-refractivity contribution is -0.137. The van der Waals surface area contributed by atoms with Gasteiger partial charge in [0.2, 0.25) is 0 Å². The zero-order chi connectivity index (χ0) is 22.6. The summed E-state index contributed by atoms with van der Waals surface area (Å²) in [5.74, 6) is 0.539. The molecule has 0 unspecified atom stereocenters. The van der Waals surface area contributed by atoms with E-state index in [0.29, 0.717) is 23.2 Å². The van der Waals surface area contributed by atoms with Crippen molar-refractivity contribution in [3.63, 3.8) is 0 Å². The minimum absolute atomic E-state index is 0.0625. The largest absolute Gasteiger partial charge is 0.468 e. The Bertz CT molecular complexity index is 1020. The van der Waals surface area contributed by atoms with Crippen molar-refractivity contribution in [2.75, 3.05) is 19.6 Å². The molecule has 1 aromatic heterocycles. The average molecular weight is 442 g/mol. The molecule has 168 valence electrons. The van der Waals surface area contributed by atoms with Crippen molar-refractivity contribution in [2.24, 2.45) is 0 Å². The van der Waals surface area contributed by atoms with Crippen LogP contribution in [0.3, 0.4) is 0 Å². The molecule has 4 rings (SSSR count). The normalized spacial score (nSPS) is 16.0. The van der Waals surface area contributed by atoms with E-state index in [-0.39, 0.29) is 11.9 Å². The minimum Gasteiger partial charge on any atom is -0.468 e. The van der Waals surface area contributed by atoms with E-state index >= 15 is 0 Å². The van der Waals surface area contributed by atoms with E-state index in [9.17, 15) is 18.0 Å². The van der Waals surface area contributed by atoms with E-state index in [1.165, 1.54) is 18.6 Å². The molecule has 0 bridgehead atoms. The van der Waals surface area contributed by atoms with Gasteiger partial charge in [0.05, 0.1) is 17.9 Å². The molecule has 0 aliphatic carbocycles. The smallest absolute Gasteiger partial charge is 0.416 e. The Kier molecular flexibility index (Phi) is 6.65. The van der Waals surface area contributed by atoms with Gasteiger partial charge in [-0.2, -0.15) is 13.2 Å². The Morgan fingerprint density at radius 3 is 2.34 bits per heavy atom. The molecule has 1 saturated heterocycles. The lowest BCUT2D eigenvalue weighted by Crippen LogP contribution is -2.40. The maximum atomic E-state index is 13.1. The van der Waals surface area contributed by atoms with E-state index in [2.05, 4.69) is 10.2 Å². The molecule has 0 radical (unpaired) electrons. The number of hydrogen-bond donors (Lipinski definition) is 1. The van der Waals surface area contributed by atoms with Crippen molar-refractivity contribution < 1.29 is 22.4 Å². The zero-order valence-corrected chi connectivity index (χ0v) is 17.6. The van der Waals surface area contributed by atoms with Gasteiger partial charge in [0, 0.05) is 12.1 Å². The number of carbonyl (C=O) groups excluding carboxylic acids is 1. The van der Waals surface area contributed by atoms with Gasteiger partial charge in [0.25, 0.3) is 5.91 Å². The SMILES string of the molecule is O=C(NC[C@@H](c1ccco1)N1CCCCC1)c1ccccc1-c1ccc(C(F)(F)F)cc1. The Hall–Kier alpha value is -3.06. The van der Waals surface area contributed by atoms with Crippen molar-refractivity contribution in [3.05, 3.63) is 83.8 Å². The minimum atomic E-state index is -4.40. The number of piperidine rings is 1. The number of carbonyl (C=O) groups is 1. The molecule has 1 fully saturated rings. The maximum Gasteiger partial charge on any atom is 0.416 e. The highest BCUT2D eigenvalue weighted by Gasteiger charge is 2.30. The van der Waals surface area contributed by atoms with Gasteiger partial charge >= 0.3 is 6.18 Å². The van der Waals surface area contributed by atoms with E-state index in [4.69, 9.17) is 4.42 Å². The van der Waals surface area contributed by atoms with Gasteiger partial charge in [-0.05, 0) is 67.4 Å². The van der Waals surface area contributed by atoms with Crippen molar-refractivity contribution in [1.29, 1.82) is 0 Å². The first-order chi connectivity index (χ1) is 15.4. The van der Waals surface area contributed by atoms with Crippen LogP contribution in [0.1, 0.15) is 47.0 Å². The van der Waals surface area contributed by atoms with Gasteiger partial charge in [-0.1, -0.05) is 36.8 Å². The summed E-state index contributed by atoms with van der Waals surface area (Å²) in [6, 6.07) is 15.5. The summed E-state index contributed by atoms with van der Waals surface area (Å²) in [6.45, 7) is 2.28. The highest BCUT2D eigenvalue weighted by Crippen LogP contribution is 2.32. The molecule has 2 heterocycles. The first kappa shape index (κ1) is 22.1. The van der Waals surface area contributed by atoms with Crippen LogP contribution in [0.15, 0.2) is 71.3 Å². The predicted molar refractivity (Wildman–Crippen MR) is 116 cm³/mol. The second-order valence-electron chi connectivity index (χ2n) is 7.96. The number of amides is 1. The molecule has 0 saturated carbocycles. The number of halogens is 3. The summed E-state index contributed by atoms with van der Waals surface area (Å²) in [6.07, 6.45) is 0.663. The van der Waals surface area contributed by atoms with Crippen molar-refractivity contribution in [1.82, 2.24) is 10.2 Å². The van der Waals surface area contributed by atoms with Crippen LogP contribution in [0.25, 0.3) is 11.1 Å². The van der Waals surface area contributed by atoms with Gasteiger partial charge in [-0.25, -0.2) is 0 Å². The standard InChI is InChI=1S/C25H25F3N2O2/c26-25(27,28)19-12-10-18(11-13-19)20-7-2-3-8-21(20)24(31)29-17-22(23-9-6-16-32-23)30-14-4-1-5-15-30/h2-3,6-13,16,22H,1,4-5,14-15,17H2,(H,29,31)/t22-/m0/s1. The number of nitrogens with one attached hydrogen (secondary N) is 1. The molecule has 0 spiro atoms. The van der Waals surface area contributed by atoms with Crippen LogP contribution in [0.2, 0.25) is 0 Å². The molecule has 7 heteroatoms. The molecule has 1 aliphatic rings. The van der Waals surface area contributed by atoms with Crippen LogP contribution in [0.4, 0.5) is 13.2 Å². The van der Waals surface area contributed by atoms with Crippen molar-refractivity contribution >= 4 is 5.91 Å². The molecular weight excluding hydrogens is 417 g/mol. The van der Waals surface area contributed by atoms with Crippen molar-refractivity contribution in [2.45, 2.75) is 31.5 Å². The van der Waals surface area contributed by atoms with E-state index in [0.717, 1.165) is 43.8 Å². The second kappa shape index (κ2) is 9.61. The molecule has 4 nitrogen and oxygen atoms in total. The number of likely N-dealkylation sites (tertiary alicyclic amines) is 1. The maximum absolute atomic E-state index is 13.1. The molecule has 1 N–H and O–H groups in total. The fourth-order valence-electron chi connectivity index (χ4n) is 4.18. The van der Waals surface area contributed by atoms with E-state index in [1.54, 1.807) is 30.5 Å². The highest BCUT2D eigenvalue weighted by atomic mass is 19.4. The van der Waals surface area contributed by atoms with Crippen LogP contribution in [-0.4, -0.2) is 30.4 Å². The number of hydrogen-bond acceptors (Lipinski definition) is 3. The number of rotatable bonds is 6. The zero-order valence-electron chi connectivity index (χ0n) is 17.6. The second-order valence-corrected chi connectivity index (χ2v) is 7.96. The van der Waals surface area contributed by atoms with Crippen LogP contribution in [-0.2, 0) is 6.18 Å². The van der Waals surface area contributed by atoms with Crippen molar-refractivity contribution in [3.8, 4) is 11.1 Å². The third kappa shape index (κ3) is 5.05. The van der Waals surface area contributed by atoms with Crippen LogP contribution >= 0.6 is 0 Å². The Morgan fingerprint density at radius 2 is 1.69 bits per heavy atom. The number of furan rings is 1. The molecule has 1 amide bonds. The number of benzene rings is 2. The summed E-state index contributed by atoms with van der Waals surface area (Å²) >= 11 is 0. The number of nitrogens with zero attached hydrogens (tertiary/aromatic N) is 1. The van der Waals surface area contributed by atoms with Gasteiger partial charge in [0.15, 0.2) is 0 Å². The summed E-state index contributed by atoms with van der Waals surface area (Å²) in [7, 11) is 0. The predicted octanol–water partition coefficient (Wildman–Crippen LogP) is 5.92. The molecular formula is C25H25F3N2O2. The Morgan fingerprint density at radius 1 is 0.969 bits per heavy atom.